The van der Waals surface area contributed by atoms with Crippen molar-refractivity contribution in [1.29, 1.82) is 5.41 Å². The summed E-state index contributed by atoms with van der Waals surface area (Å²) in [5.41, 5.74) is 2.63. The number of aliphatic hydroxyl groups excluding tert-OH is 1. The van der Waals surface area contributed by atoms with Gasteiger partial charge in [0.05, 0.1) is 0 Å². The Morgan fingerprint density at radius 3 is 2.11 bits per heavy atom. The molecule has 4 nitrogen and oxygen atoms in total. The number of halogens is 2. The first-order valence-electron chi connectivity index (χ1n) is 11.8. The highest BCUT2D eigenvalue weighted by atomic mass is 19.1. The fourth-order valence-electron chi connectivity index (χ4n) is 5.23. The lowest BCUT2D eigenvalue weighted by Crippen LogP contribution is -2.45. The maximum Gasteiger partial charge on any atom is 0.162 e. The van der Waals surface area contributed by atoms with Gasteiger partial charge in [0.15, 0.2) is 5.78 Å². The molecule has 0 saturated heterocycles. The molecule has 0 bridgehead atoms. The van der Waals surface area contributed by atoms with E-state index in [0.717, 1.165) is 0 Å². The van der Waals surface area contributed by atoms with Gasteiger partial charge in [-0.25, -0.2) is 8.78 Å². The first-order chi connectivity index (χ1) is 17.2. The summed E-state index contributed by atoms with van der Waals surface area (Å²) >= 11 is 0. The predicted octanol–water partition coefficient (Wildman–Crippen LogP) is 7.16. The number of amidine groups is 1. The SMILES string of the molecule is CC1(C)CC(=O)C2=C(C1)N(c1ccc(F)cc1)C(=N)/C(=C(/O)c1ccccc1)C2c1ccc(F)cc1. The van der Waals surface area contributed by atoms with E-state index in [0.29, 0.717) is 40.9 Å². The summed E-state index contributed by atoms with van der Waals surface area (Å²) in [4.78, 5) is 15.4. The van der Waals surface area contributed by atoms with Crippen LogP contribution in [-0.4, -0.2) is 16.7 Å². The van der Waals surface area contributed by atoms with Crippen LogP contribution in [-0.2, 0) is 4.79 Å². The second kappa shape index (κ2) is 8.86. The van der Waals surface area contributed by atoms with E-state index in [1.807, 2.05) is 19.9 Å². The molecule has 0 amide bonds. The zero-order chi connectivity index (χ0) is 25.6. The average Bonchev–Trinajstić information content (AvgIpc) is 2.84. The Labute approximate surface area is 208 Å². The lowest BCUT2D eigenvalue weighted by Gasteiger charge is -2.45. The number of allylic oxidation sites excluding steroid dienone is 2. The number of carbonyl (C=O) groups is 1. The highest BCUT2D eigenvalue weighted by Crippen LogP contribution is 2.51. The van der Waals surface area contributed by atoms with Gasteiger partial charge in [-0.05, 0) is 53.8 Å². The van der Waals surface area contributed by atoms with E-state index in [9.17, 15) is 24.1 Å². The van der Waals surface area contributed by atoms with Gasteiger partial charge in [0, 0.05) is 40.4 Å². The Kier molecular flexibility index (Phi) is 5.83. The second-order valence-corrected chi connectivity index (χ2v) is 10.1. The van der Waals surface area contributed by atoms with Gasteiger partial charge in [0.1, 0.15) is 23.2 Å². The highest BCUT2D eigenvalue weighted by Gasteiger charge is 2.46. The summed E-state index contributed by atoms with van der Waals surface area (Å²) in [6.45, 7) is 4.00. The van der Waals surface area contributed by atoms with E-state index in [4.69, 9.17) is 0 Å². The quantitative estimate of drug-likeness (QED) is 0.388. The number of hydrogen-bond acceptors (Lipinski definition) is 3. The fourth-order valence-corrected chi connectivity index (χ4v) is 5.23. The van der Waals surface area contributed by atoms with Crippen molar-refractivity contribution in [2.24, 2.45) is 5.41 Å². The number of carbonyl (C=O) groups excluding carboxylic acids is 1. The van der Waals surface area contributed by atoms with Crippen molar-refractivity contribution in [1.82, 2.24) is 0 Å². The van der Waals surface area contributed by atoms with Crippen LogP contribution in [0.5, 0.6) is 0 Å². The van der Waals surface area contributed by atoms with Gasteiger partial charge >= 0.3 is 0 Å². The van der Waals surface area contributed by atoms with Crippen LogP contribution in [0.2, 0.25) is 0 Å². The second-order valence-electron chi connectivity index (χ2n) is 10.1. The Morgan fingerprint density at radius 1 is 0.917 bits per heavy atom. The summed E-state index contributed by atoms with van der Waals surface area (Å²) < 4.78 is 27.7. The molecule has 0 saturated carbocycles. The van der Waals surface area contributed by atoms with Crippen LogP contribution in [0.25, 0.3) is 5.76 Å². The molecule has 2 N–H and O–H groups in total. The minimum Gasteiger partial charge on any atom is -0.507 e. The molecule has 1 atom stereocenters. The number of Topliss-reactive ketones (excluding diaryl/α,β-unsaturated/α-hetero) is 1. The number of rotatable bonds is 3. The zero-order valence-corrected chi connectivity index (χ0v) is 20.1. The molecule has 5 rings (SSSR count). The zero-order valence-electron chi connectivity index (χ0n) is 20.1. The number of nitrogens with zero attached hydrogens (tertiary/aromatic N) is 1. The molecule has 0 aromatic heterocycles. The van der Waals surface area contributed by atoms with Gasteiger partial charge in [0.2, 0.25) is 0 Å². The first-order valence-corrected chi connectivity index (χ1v) is 11.8. The van der Waals surface area contributed by atoms with Gasteiger partial charge in [-0.3, -0.25) is 15.1 Å². The van der Waals surface area contributed by atoms with Gasteiger partial charge in [-0.1, -0.05) is 56.3 Å². The standard InChI is InChI=1S/C30H26F2N2O2/c1-30(2)16-23-26(24(35)17-30)25(18-8-10-20(31)11-9-18)27(28(36)19-6-4-3-5-7-19)29(33)34(23)22-14-12-21(32)13-15-22/h3-15,25,33,36H,16-17H2,1-2H3/b28-27+,33-29?. The summed E-state index contributed by atoms with van der Waals surface area (Å²) in [6, 6.07) is 20.4. The molecule has 1 heterocycles. The van der Waals surface area contributed by atoms with Crippen molar-refractivity contribution in [3.8, 4) is 0 Å². The number of hydrogen-bond donors (Lipinski definition) is 2. The van der Waals surface area contributed by atoms with Crippen LogP contribution in [0.15, 0.2) is 95.7 Å². The van der Waals surface area contributed by atoms with E-state index >= 15 is 0 Å². The molecular formula is C30H26F2N2O2. The Morgan fingerprint density at radius 2 is 1.50 bits per heavy atom. The number of ketones is 1. The Bertz CT molecular complexity index is 1410. The van der Waals surface area contributed by atoms with Crippen molar-refractivity contribution in [3.63, 3.8) is 0 Å². The van der Waals surface area contributed by atoms with Crippen LogP contribution in [0.1, 0.15) is 43.7 Å². The third-order valence-corrected chi connectivity index (χ3v) is 6.81. The molecule has 182 valence electrons. The lowest BCUT2D eigenvalue weighted by molar-refractivity contribution is -0.118. The molecule has 0 spiro atoms. The topological polar surface area (TPSA) is 64.4 Å². The van der Waals surface area contributed by atoms with E-state index in [-0.39, 0.29) is 28.4 Å². The van der Waals surface area contributed by atoms with Gasteiger partial charge < -0.3 is 5.11 Å². The predicted molar refractivity (Wildman–Crippen MR) is 137 cm³/mol. The van der Waals surface area contributed by atoms with Crippen LogP contribution in [0.3, 0.4) is 0 Å². The molecule has 36 heavy (non-hydrogen) atoms. The number of benzene rings is 3. The molecule has 6 heteroatoms. The normalized spacial score (nSPS) is 20.9. The lowest BCUT2D eigenvalue weighted by atomic mass is 9.67. The van der Waals surface area contributed by atoms with E-state index in [1.165, 1.54) is 24.3 Å². The van der Waals surface area contributed by atoms with Gasteiger partial charge in [-0.2, -0.15) is 0 Å². The molecule has 1 unspecified atom stereocenters. The van der Waals surface area contributed by atoms with Crippen LogP contribution >= 0.6 is 0 Å². The van der Waals surface area contributed by atoms with Crippen molar-refractivity contribution >= 4 is 23.1 Å². The smallest absolute Gasteiger partial charge is 0.162 e. The molecule has 0 radical (unpaired) electrons. The van der Waals surface area contributed by atoms with Crippen molar-refractivity contribution < 1.29 is 18.7 Å². The van der Waals surface area contributed by atoms with Gasteiger partial charge in [0.25, 0.3) is 0 Å². The number of anilines is 1. The number of aliphatic hydroxyl groups is 1. The van der Waals surface area contributed by atoms with Crippen LogP contribution in [0.4, 0.5) is 14.5 Å². The van der Waals surface area contributed by atoms with Crippen LogP contribution in [0, 0.1) is 22.5 Å². The van der Waals surface area contributed by atoms with E-state index in [2.05, 4.69) is 0 Å². The largest absolute Gasteiger partial charge is 0.507 e. The summed E-state index contributed by atoms with van der Waals surface area (Å²) in [7, 11) is 0. The number of nitrogens with one attached hydrogen (secondary N) is 1. The summed E-state index contributed by atoms with van der Waals surface area (Å²) in [6.07, 6.45) is 0.804. The maximum atomic E-state index is 13.9. The van der Waals surface area contributed by atoms with E-state index < -0.39 is 17.6 Å². The molecule has 0 fully saturated rings. The fraction of sp³-hybridized carbons (Fsp3) is 0.200. The maximum absolute atomic E-state index is 13.9. The molecule has 3 aromatic carbocycles. The molecule has 1 aliphatic heterocycles. The van der Waals surface area contributed by atoms with Crippen LogP contribution < -0.4 is 4.90 Å². The third kappa shape index (κ3) is 4.13. The Balaban J connectivity index is 1.84. The Hall–Kier alpha value is -4.06. The summed E-state index contributed by atoms with van der Waals surface area (Å²) in [5, 5.41) is 20.8. The van der Waals surface area contributed by atoms with Crippen molar-refractivity contribution in [2.75, 3.05) is 4.90 Å². The van der Waals surface area contributed by atoms with Crippen molar-refractivity contribution in [2.45, 2.75) is 32.6 Å². The van der Waals surface area contributed by atoms with Crippen molar-refractivity contribution in [3.05, 3.63) is 118 Å². The highest BCUT2D eigenvalue weighted by molar-refractivity contribution is 6.19. The molecule has 1 aliphatic carbocycles. The minimum atomic E-state index is -0.756. The van der Waals surface area contributed by atoms with E-state index in [1.54, 1.807) is 53.4 Å². The van der Waals surface area contributed by atoms with Gasteiger partial charge in [-0.15, -0.1) is 0 Å². The summed E-state index contributed by atoms with van der Waals surface area (Å²) in [5.74, 6) is -1.82. The third-order valence-electron chi connectivity index (χ3n) is 6.81. The molecule has 2 aliphatic rings. The molecule has 3 aromatic rings. The average molecular weight is 485 g/mol. The first kappa shape index (κ1) is 23.7. The molecular weight excluding hydrogens is 458 g/mol. The minimum absolute atomic E-state index is 0.0125. The monoisotopic (exact) mass is 484 g/mol.